The minimum atomic E-state index is -0.750. The minimum Gasteiger partial charge on any atom is -0.492 e. The Morgan fingerprint density at radius 1 is 0.984 bits per heavy atom. The van der Waals surface area contributed by atoms with Crippen molar-refractivity contribution in [3.8, 4) is 0 Å². The van der Waals surface area contributed by atoms with Crippen molar-refractivity contribution in [1.29, 1.82) is 0 Å². The van der Waals surface area contributed by atoms with Crippen molar-refractivity contribution in [2.75, 3.05) is 56.8 Å². The van der Waals surface area contributed by atoms with Gasteiger partial charge in [-0.25, -0.2) is 14.4 Å². The van der Waals surface area contributed by atoms with Gasteiger partial charge in [0.05, 0.1) is 62.6 Å². The molecule has 4 N–H and O–H groups in total. The van der Waals surface area contributed by atoms with Crippen molar-refractivity contribution in [2.45, 2.75) is 82.9 Å². The average Bonchev–Trinajstić information content (AvgIpc) is 3.90. The molecule has 1 saturated heterocycles. The number of hydrogen-bond donors (Lipinski definition) is 4. The summed E-state index contributed by atoms with van der Waals surface area (Å²) in [5.41, 5.74) is 1.71. The lowest BCUT2D eigenvalue weighted by Crippen LogP contribution is -2.52. The monoisotopic (exact) mass is 907 g/mol. The molecule has 5 amide bonds. The number of halogens is 2. The number of ether oxygens (including phenoxy) is 4. The van der Waals surface area contributed by atoms with Crippen molar-refractivity contribution in [2.24, 2.45) is 5.41 Å². The summed E-state index contributed by atoms with van der Waals surface area (Å²) >= 11 is 7.49. The van der Waals surface area contributed by atoms with E-state index in [9.17, 15) is 28.4 Å². The van der Waals surface area contributed by atoms with Crippen LogP contribution in [0.15, 0.2) is 70.7 Å². The minimum absolute atomic E-state index is 0.0795. The summed E-state index contributed by atoms with van der Waals surface area (Å²) in [6, 6.07) is 9.97. The number of nitrogens with one attached hydrogen (secondary N) is 4. The number of hydrogen-bond acceptors (Lipinski definition) is 13. The van der Waals surface area contributed by atoms with Crippen LogP contribution in [0.4, 0.5) is 21.0 Å². The third kappa shape index (κ3) is 12.3. The maximum atomic E-state index is 14.7. The van der Waals surface area contributed by atoms with Crippen LogP contribution in [0.3, 0.4) is 0 Å². The number of carbonyl (C=O) groups is 5. The molecule has 63 heavy (non-hydrogen) atoms. The van der Waals surface area contributed by atoms with E-state index in [1.54, 1.807) is 30.5 Å². The van der Waals surface area contributed by atoms with E-state index in [-0.39, 0.29) is 86.2 Å². The third-order valence-corrected chi connectivity index (χ3v) is 12.4. The smallest absolute Gasteiger partial charge is 0.255 e. The number of rotatable bonds is 21. The van der Waals surface area contributed by atoms with Crippen molar-refractivity contribution in [3.63, 3.8) is 0 Å². The number of anilines is 3. The van der Waals surface area contributed by atoms with E-state index in [4.69, 9.17) is 35.5 Å². The van der Waals surface area contributed by atoms with Gasteiger partial charge in [0, 0.05) is 60.9 Å². The van der Waals surface area contributed by atoms with Gasteiger partial charge in [0.1, 0.15) is 17.6 Å². The second kappa shape index (κ2) is 21.9. The molecule has 1 aromatic carbocycles. The number of allylic oxidation sites excluding steroid dienone is 4. The van der Waals surface area contributed by atoms with Crippen molar-refractivity contribution in [1.82, 2.24) is 25.5 Å². The van der Waals surface area contributed by atoms with Crippen LogP contribution in [0.1, 0.15) is 79.4 Å². The second-order valence-electron chi connectivity index (χ2n) is 15.7. The van der Waals surface area contributed by atoms with E-state index in [0.29, 0.717) is 93.9 Å². The molecule has 2 aromatic heterocycles. The van der Waals surface area contributed by atoms with Crippen LogP contribution >= 0.6 is 22.9 Å². The van der Waals surface area contributed by atoms with Gasteiger partial charge in [-0.05, 0) is 74.4 Å². The molecular formula is C44H51ClFN7O9S. The molecule has 1 saturated carbocycles. The second-order valence-corrected chi connectivity index (χ2v) is 17.0. The van der Waals surface area contributed by atoms with Gasteiger partial charge in [-0.3, -0.25) is 29.3 Å². The van der Waals surface area contributed by atoms with Crippen LogP contribution in [-0.2, 0) is 51.1 Å². The van der Waals surface area contributed by atoms with Crippen LogP contribution in [-0.4, -0.2) is 103 Å². The Balaban J connectivity index is 0.776. The lowest BCUT2D eigenvalue weighted by molar-refractivity contribution is -0.137. The number of aromatic nitrogens is 2. The number of benzene rings is 1. The molecule has 1 atom stereocenters. The Morgan fingerprint density at radius 2 is 1.76 bits per heavy atom. The molecule has 336 valence electrons. The van der Waals surface area contributed by atoms with E-state index in [1.165, 1.54) is 16.2 Å². The molecule has 0 spiro atoms. The molecule has 7 rings (SSSR count). The maximum Gasteiger partial charge on any atom is 0.255 e. The zero-order valence-corrected chi connectivity index (χ0v) is 36.3. The Bertz CT molecular complexity index is 2200. The highest BCUT2D eigenvalue weighted by Gasteiger charge is 2.43. The molecule has 0 bridgehead atoms. The average molecular weight is 908 g/mol. The number of thiazole rings is 1. The number of pyridine rings is 1. The maximum absolute atomic E-state index is 14.7. The Labute approximate surface area is 373 Å². The molecule has 2 aliphatic heterocycles. The highest BCUT2D eigenvalue weighted by Crippen LogP contribution is 2.42. The van der Waals surface area contributed by atoms with E-state index >= 15 is 0 Å². The Kier molecular flexibility index (Phi) is 15.9. The Morgan fingerprint density at radius 3 is 2.52 bits per heavy atom. The molecule has 4 heterocycles. The number of piperidine rings is 1. The highest BCUT2D eigenvalue weighted by molar-refractivity contribution is 7.13. The number of imide groups is 1. The van der Waals surface area contributed by atoms with Gasteiger partial charge in [-0.2, -0.15) is 0 Å². The number of amides is 5. The van der Waals surface area contributed by atoms with E-state index in [0.717, 1.165) is 10.8 Å². The topological polar surface area (TPSA) is 199 Å². The van der Waals surface area contributed by atoms with Gasteiger partial charge in [0.2, 0.25) is 23.6 Å². The SMILES string of the molecule is O=C1CCC(N2Cc3cc(NC(=O)CCOCCOCCOCCNC(=O)C4(Cc5cccc(Nc6nccs6)n5)CCC(OC5=C(F)C(Cl)=CCC5)CC4)ccc3C2=O)C(=O)N1. The number of fused-ring (bicyclic) bond motifs is 1. The fraction of sp³-hybridized carbons (Fsp3) is 0.477. The lowest BCUT2D eigenvalue weighted by Gasteiger charge is -2.39. The third-order valence-electron chi connectivity index (χ3n) is 11.4. The first-order valence-electron chi connectivity index (χ1n) is 21.2. The molecule has 0 radical (unpaired) electrons. The predicted octanol–water partition coefficient (Wildman–Crippen LogP) is 5.82. The Hall–Kier alpha value is -5.27. The predicted molar refractivity (Wildman–Crippen MR) is 232 cm³/mol. The van der Waals surface area contributed by atoms with Gasteiger partial charge in [0.15, 0.2) is 11.0 Å². The van der Waals surface area contributed by atoms with Gasteiger partial charge < -0.3 is 39.8 Å². The van der Waals surface area contributed by atoms with Crippen molar-refractivity contribution < 1.29 is 47.3 Å². The standard InChI is InChI=1S/C44H51ClFN7O9S/c45-33-4-2-5-35(39(33)46)62-31-11-14-44(15-12-31,26-30-3-1-6-36(49-30)51-43-48-17-24-63-43)42(58)47-16-19-60-21-23-61-22-20-59-18-13-38(55)50-29-7-8-32-28(25-29)27-53(41(32)57)34-9-10-37(54)52-40(34)56/h1,3-4,6-8,17,24-25,31,34H,2,5,9-16,18-23,26-27H2,(H,47,58)(H,50,55)(H,48,49,51)(H,52,54,56). The summed E-state index contributed by atoms with van der Waals surface area (Å²) in [6.07, 6.45) is 7.39. The normalized spacial score (nSPS) is 21.1. The lowest BCUT2D eigenvalue weighted by atomic mass is 9.69. The number of nitrogens with zero attached hydrogens (tertiary/aromatic N) is 3. The zero-order chi connectivity index (χ0) is 44.2. The first-order chi connectivity index (χ1) is 30.6. The van der Waals surface area contributed by atoms with Crippen molar-refractivity contribution >= 4 is 69.1 Å². The summed E-state index contributed by atoms with van der Waals surface area (Å²) in [7, 11) is 0. The summed E-state index contributed by atoms with van der Waals surface area (Å²) in [5.74, 6) is -1.04. The molecular weight excluding hydrogens is 857 g/mol. The summed E-state index contributed by atoms with van der Waals surface area (Å²) < 4.78 is 37.6. The first-order valence-corrected chi connectivity index (χ1v) is 22.5. The van der Waals surface area contributed by atoms with Crippen LogP contribution in [0.25, 0.3) is 0 Å². The fourth-order valence-electron chi connectivity index (χ4n) is 8.12. The van der Waals surface area contributed by atoms with Crippen LogP contribution < -0.4 is 21.3 Å². The first kappa shape index (κ1) is 45.7. The summed E-state index contributed by atoms with van der Waals surface area (Å²) in [5, 5.41) is 14.1. The molecule has 2 fully saturated rings. The zero-order valence-electron chi connectivity index (χ0n) is 34.8. The number of carbonyl (C=O) groups excluding carboxylic acids is 5. The molecule has 4 aliphatic rings. The quantitative estimate of drug-likeness (QED) is 0.0739. The fourth-order valence-corrected chi connectivity index (χ4v) is 8.87. The van der Waals surface area contributed by atoms with Crippen LogP contribution in [0, 0.1) is 5.41 Å². The summed E-state index contributed by atoms with van der Waals surface area (Å²) in [6.45, 7) is 2.21. The van der Waals surface area contributed by atoms with E-state index in [1.807, 2.05) is 23.6 Å². The van der Waals surface area contributed by atoms with Crippen LogP contribution in [0.2, 0.25) is 0 Å². The summed E-state index contributed by atoms with van der Waals surface area (Å²) in [4.78, 5) is 73.8. The molecule has 1 unspecified atom stereocenters. The molecule has 3 aromatic rings. The molecule has 2 aliphatic carbocycles. The largest absolute Gasteiger partial charge is 0.492 e. The van der Waals surface area contributed by atoms with Gasteiger partial charge in [-0.15, -0.1) is 11.3 Å². The van der Waals surface area contributed by atoms with Gasteiger partial charge in [-0.1, -0.05) is 23.7 Å². The van der Waals surface area contributed by atoms with Crippen molar-refractivity contribution in [3.05, 3.63) is 87.5 Å². The van der Waals surface area contributed by atoms with E-state index < -0.39 is 23.2 Å². The van der Waals surface area contributed by atoms with Gasteiger partial charge in [0.25, 0.3) is 5.91 Å². The molecule has 16 nitrogen and oxygen atoms in total. The van der Waals surface area contributed by atoms with E-state index in [2.05, 4.69) is 26.3 Å². The highest BCUT2D eigenvalue weighted by atomic mass is 35.5. The van der Waals surface area contributed by atoms with Crippen LogP contribution in [0.5, 0.6) is 0 Å². The van der Waals surface area contributed by atoms with Gasteiger partial charge >= 0.3 is 0 Å². The molecule has 19 heteroatoms.